The molecular formula is C28H36F3N5O3S. The minimum absolute atomic E-state index is 0.0606. The lowest BCUT2D eigenvalue weighted by Crippen LogP contribution is -2.44. The molecule has 1 aromatic carbocycles. The third kappa shape index (κ3) is 7.06. The van der Waals surface area contributed by atoms with E-state index in [2.05, 4.69) is 20.9 Å². The van der Waals surface area contributed by atoms with Crippen LogP contribution in [0, 0.1) is 0 Å². The Hall–Kier alpha value is -2.86. The number of hydrogen-bond acceptors (Lipinski definition) is 7. The summed E-state index contributed by atoms with van der Waals surface area (Å²) in [5, 5.41) is 8.81. The van der Waals surface area contributed by atoms with Gasteiger partial charge in [0.25, 0.3) is 0 Å². The summed E-state index contributed by atoms with van der Waals surface area (Å²) in [6, 6.07) is 7.15. The summed E-state index contributed by atoms with van der Waals surface area (Å²) < 4.78 is 66.1. The zero-order chi connectivity index (χ0) is 28.3. The Kier molecular flexibility index (Phi) is 8.55. The van der Waals surface area contributed by atoms with Gasteiger partial charge in [-0.15, -0.1) is 0 Å². The van der Waals surface area contributed by atoms with E-state index in [1.807, 2.05) is 18.2 Å². The van der Waals surface area contributed by atoms with Crippen molar-refractivity contribution in [3.05, 3.63) is 47.2 Å². The number of anilines is 3. The number of nitrogens with zero attached hydrogens (tertiary/aromatic N) is 2. The van der Waals surface area contributed by atoms with Crippen LogP contribution in [0.5, 0.6) is 0 Å². The predicted molar refractivity (Wildman–Crippen MR) is 149 cm³/mol. The van der Waals surface area contributed by atoms with Crippen LogP contribution in [0.2, 0.25) is 0 Å². The summed E-state index contributed by atoms with van der Waals surface area (Å²) in [5.74, 6) is 0.856. The highest BCUT2D eigenvalue weighted by Crippen LogP contribution is 2.45. The number of hydrogen-bond donors (Lipinski definition) is 3. The van der Waals surface area contributed by atoms with E-state index in [1.54, 1.807) is 4.90 Å². The largest absolute Gasteiger partial charge is 0.419 e. The molecule has 3 heterocycles. The number of sulfone groups is 1. The van der Waals surface area contributed by atoms with E-state index in [0.29, 0.717) is 51.4 Å². The number of rotatable bonds is 10. The Labute approximate surface area is 233 Å². The van der Waals surface area contributed by atoms with Gasteiger partial charge in [-0.1, -0.05) is 12.1 Å². The molecule has 40 heavy (non-hydrogen) atoms. The van der Waals surface area contributed by atoms with Gasteiger partial charge in [-0.25, -0.2) is 13.4 Å². The third-order valence-electron chi connectivity index (χ3n) is 7.85. The number of benzene rings is 1. The molecule has 0 bridgehead atoms. The molecule has 8 nitrogen and oxygen atoms in total. The zero-order valence-corrected chi connectivity index (χ0v) is 23.2. The average molecular weight is 580 g/mol. The van der Waals surface area contributed by atoms with Crippen LogP contribution in [-0.4, -0.2) is 67.9 Å². The highest BCUT2D eigenvalue weighted by atomic mass is 32.2. The van der Waals surface area contributed by atoms with Crippen LogP contribution in [0.15, 0.2) is 30.5 Å². The van der Waals surface area contributed by atoms with Crippen molar-refractivity contribution < 1.29 is 26.4 Å². The molecule has 3 N–H and O–H groups in total. The van der Waals surface area contributed by atoms with E-state index in [9.17, 15) is 26.4 Å². The van der Waals surface area contributed by atoms with Gasteiger partial charge in [-0.3, -0.25) is 4.79 Å². The number of alkyl halides is 3. The molecule has 1 aromatic heterocycles. The van der Waals surface area contributed by atoms with Crippen LogP contribution in [0.1, 0.15) is 61.1 Å². The van der Waals surface area contributed by atoms with Crippen LogP contribution in [0.3, 0.4) is 0 Å². The van der Waals surface area contributed by atoms with E-state index in [4.69, 9.17) is 0 Å². The molecule has 0 radical (unpaired) electrons. The second-order valence-electron chi connectivity index (χ2n) is 10.9. The minimum atomic E-state index is -4.56. The average Bonchev–Trinajstić information content (AvgIpc) is 3.75. The summed E-state index contributed by atoms with van der Waals surface area (Å²) >= 11 is 0. The standard InChI is InChI=1S/C28H36F3N5O3S/c29-28(30,31)23-18-34-26(16-25(23)33-9-3-12-36-11-2-1-4-27(36)37)35-24-8-5-19(15-22(24)20-6-7-20)14-21-17-32-10-13-40(21,38)39/h5,8,15-16,18,20-21,32H,1-4,6-7,9-14,17H2,(H2,33,34,35). The smallest absolute Gasteiger partial charge is 0.384 e. The quantitative estimate of drug-likeness (QED) is 0.357. The number of aromatic nitrogens is 1. The maximum atomic E-state index is 13.7. The maximum absolute atomic E-state index is 13.7. The van der Waals surface area contributed by atoms with E-state index in [1.165, 1.54) is 6.07 Å². The Balaban J connectivity index is 1.29. The molecule has 1 atom stereocenters. The van der Waals surface area contributed by atoms with Crippen molar-refractivity contribution in [3.8, 4) is 0 Å². The highest BCUT2D eigenvalue weighted by molar-refractivity contribution is 7.92. The number of likely N-dealkylation sites (tertiary alicyclic amines) is 1. The molecule has 1 saturated carbocycles. The molecule has 2 aliphatic heterocycles. The summed E-state index contributed by atoms with van der Waals surface area (Å²) in [6.45, 7) is 2.41. The van der Waals surface area contributed by atoms with E-state index in [0.717, 1.165) is 48.7 Å². The van der Waals surface area contributed by atoms with Crippen molar-refractivity contribution in [1.29, 1.82) is 0 Å². The lowest BCUT2D eigenvalue weighted by Gasteiger charge is -2.26. The van der Waals surface area contributed by atoms with Crippen molar-refractivity contribution in [2.45, 2.75) is 62.3 Å². The second kappa shape index (κ2) is 11.9. The Bertz CT molecular complexity index is 1330. The second-order valence-corrected chi connectivity index (χ2v) is 13.3. The lowest BCUT2D eigenvalue weighted by atomic mass is 10.0. The number of halogens is 3. The highest BCUT2D eigenvalue weighted by Gasteiger charge is 2.35. The summed E-state index contributed by atoms with van der Waals surface area (Å²) in [5.41, 5.74) is 1.82. The number of carbonyl (C=O) groups excluding carboxylic acids is 1. The number of nitrogens with one attached hydrogen (secondary N) is 3. The molecule has 218 valence electrons. The van der Waals surface area contributed by atoms with Crippen LogP contribution >= 0.6 is 0 Å². The monoisotopic (exact) mass is 579 g/mol. The molecule has 2 aromatic rings. The number of piperidine rings is 1. The molecule has 0 spiro atoms. The van der Waals surface area contributed by atoms with Crippen molar-refractivity contribution in [1.82, 2.24) is 15.2 Å². The molecular weight excluding hydrogens is 543 g/mol. The molecule has 3 aliphatic rings. The van der Waals surface area contributed by atoms with Gasteiger partial charge in [-0.2, -0.15) is 13.2 Å². The van der Waals surface area contributed by atoms with Gasteiger partial charge in [0.2, 0.25) is 5.91 Å². The van der Waals surface area contributed by atoms with E-state index < -0.39 is 26.8 Å². The molecule has 1 amide bonds. The SMILES string of the molecule is O=C1CCCCN1CCCNc1cc(Nc2ccc(CC3CNCCS3(=O)=O)cc2C2CC2)ncc1C(F)(F)F. The number of carbonyl (C=O) groups is 1. The molecule has 1 aliphatic carbocycles. The topological polar surface area (TPSA) is 103 Å². The van der Waals surface area contributed by atoms with Gasteiger partial charge in [0.1, 0.15) is 5.82 Å². The molecule has 1 unspecified atom stereocenters. The minimum Gasteiger partial charge on any atom is -0.384 e. The molecule has 5 rings (SSSR count). The first-order valence-corrected chi connectivity index (χ1v) is 15.7. The summed E-state index contributed by atoms with van der Waals surface area (Å²) in [6.07, 6.45) is 1.63. The number of pyridine rings is 1. The third-order valence-corrected chi connectivity index (χ3v) is 9.98. The Morgan fingerprint density at radius 2 is 1.95 bits per heavy atom. The van der Waals surface area contributed by atoms with Gasteiger partial charge in [0, 0.05) is 57.1 Å². The normalized spacial score (nSPS) is 21.3. The summed E-state index contributed by atoms with van der Waals surface area (Å²) in [4.78, 5) is 17.8. The van der Waals surface area contributed by atoms with Crippen LogP contribution < -0.4 is 16.0 Å². The predicted octanol–water partition coefficient (Wildman–Crippen LogP) is 4.47. The Morgan fingerprint density at radius 3 is 2.67 bits per heavy atom. The van der Waals surface area contributed by atoms with Crippen LogP contribution in [0.25, 0.3) is 0 Å². The number of amides is 1. The fraction of sp³-hybridized carbons (Fsp3) is 0.571. The van der Waals surface area contributed by atoms with Crippen LogP contribution in [-0.2, 0) is 27.2 Å². The van der Waals surface area contributed by atoms with Crippen molar-refractivity contribution in [2.24, 2.45) is 0 Å². The lowest BCUT2D eigenvalue weighted by molar-refractivity contribution is -0.137. The van der Waals surface area contributed by atoms with Gasteiger partial charge in [-0.05, 0) is 61.6 Å². The van der Waals surface area contributed by atoms with E-state index >= 15 is 0 Å². The molecule has 12 heteroatoms. The van der Waals surface area contributed by atoms with E-state index in [-0.39, 0.29) is 29.7 Å². The maximum Gasteiger partial charge on any atom is 0.419 e. The summed E-state index contributed by atoms with van der Waals surface area (Å²) in [7, 11) is -3.14. The first kappa shape index (κ1) is 28.7. The fourth-order valence-corrected chi connectivity index (χ4v) is 7.02. The zero-order valence-electron chi connectivity index (χ0n) is 22.4. The van der Waals surface area contributed by atoms with Crippen molar-refractivity contribution >= 4 is 32.9 Å². The van der Waals surface area contributed by atoms with Gasteiger partial charge in [0.15, 0.2) is 9.84 Å². The van der Waals surface area contributed by atoms with Gasteiger partial charge >= 0.3 is 6.18 Å². The Morgan fingerprint density at radius 1 is 1.12 bits per heavy atom. The first-order valence-electron chi connectivity index (χ1n) is 14.0. The molecule has 2 saturated heterocycles. The van der Waals surface area contributed by atoms with Gasteiger partial charge in [0.05, 0.1) is 22.3 Å². The first-order chi connectivity index (χ1) is 19.1. The van der Waals surface area contributed by atoms with Gasteiger partial charge < -0.3 is 20.9 Å². The fourth-order valence-electron chi connectivity index (χ4n) is 5.44. The van der Waals surface area contributed by atoms with Crippen LogP contribution in [0.4, 0.5) is 30.4 Å². The molecule has 3 fully saturated rings. The van der Waals surface area contributed by atoms with Crippen molar-refractivity contribution in [3.63, 3.8) is 0 Å². The van der Waals surface area contributed by atoms with Crippen molar-refractivity contribution in [2.75, 3.05) is 49.1 Å².